The number of aliphatic carboxylic acids is 1. The number of carbonyl (C=O) groups is 1. The second-order valence-electron chi connectivity index (χ2n) is 7.74. The summed E-state index contributed by atoms with van der Waals surface area (Å²) in [5.41, 5.74) is 10.4. The SMILES string of the molecule is CC(F)(F)C(=O)O.NCc1cccc(CN(Cc2cccc(Cl)c2)Cc2ccc(Cl)c(Cl)c2)c1. The van der Waals surface area contributed by atoms with Gasteiger partial charge in [-0.1, -0.05) is 77.3 Å². The van der Waals surface area contributed by atoms with Gasteiger partial charge in [0.15, 0.2) is 0 Å². The van der Waals surface area contributed by atoms with Crippen LogP contribution in [0.15, 0.2) is 66.7 Å². The molecule has 0 aliphatic rings. The molecule has 0 heterocycles. The fraction of sp³-hybridized carbons (Fsp3) is 0.240. The maximum absolute atomic E-state index is 11.2. The molecule has 4 nitrogen and oxygen atoms in total. The second kappa shape index (κ2) is 13.0. The summed E-state index contributed by atoms with van der Waals surface area (Å²) in [6.45, 7) is 3.18. The number of alkyl halides is 2. The zero-order chi connectivity index (χ0) is 25.3. The minimum absolute atomic E-state index is 0.329. The first-order valence-corrected chi connectivity index (χ1v) is 11.4. The van der Waals surface area contributed by atoms with Crippen molar-refractivity contribution in [2.24, 2.45) is 5.73 Å². The first-order chi connectivity index (χ1) is 16.0. The summed E-state index contributed by atoms with van der Waals surface area (Å²) in [6, 6.07) is 22.1. The fourth-order valence-corrected chi connectivity index (χ4v) is 3.60. The Bertz CT molecular complexity index is 1110. The van der Waals surface area contributed by atoms with Gasteiger partial charge in [-0.3, -0.25) is 4.90 Å². The molecule has 0 saturated heterocycles. The minimum atomic E-state index is -3.58. The van der Waals surface area contributed by atoms with Gasteiger partial charge in [-0.05, 0) is 46.5 Å². The van der Waals surface area contributed by atoms with Gasteiger partial charge >= 0.3 is 11.9 Å². The van der Waals surface area contributed by atoms with E-state index in [1.54, 1.807) is 0 Å². The van der Waals surface area contributed by atoms with Crippen molar-refractivity contribution in [3.63, 3.8) is 0 Å². The Labute approximate surface area is 212 Å². The quantitative estimate of drug-likeness (QED) is 0.329. The van der Waals surface area contributed by atoms with Crippen LogP contribution in [0.2, 0.25) is 15.1 Å². The van der Waals surface area contributed by atoms with Crippen molar-refractivity contribution in [2.45, 2.75) is 39.0 Å². The molecule has 0 saturated carbocycles. The van der Waals surface area contributed by atoms with Gasteiger partial charge in [0.1, 0.15) is 0 Å². The monoisotopic (exact) mass is 528 g/mol. The molecule has 0 radical (unpaired) electrons. The van der Waals surface area contributed by atoms with Crippen molar-refractivity contribution in [1.82, 2.24) is 4.90 Å². The van der Waals surface area contributed by atoms with E-state index in [1.165, 1.54) is 5.56 Å². The predicted octanol–water partition coefficient (Wildman–Crippen LogP) is 7.03. The molecular weight excluding hydrogens is 505 g/mol. The van der Waals surface area contributed by atoms with Crippen LogP contribution in [0.3, 0.4) is 0 Å². The van der Waals surface area contributed by atoms with Crippen LogP contribution in [0.25, 0.3) is 0 Å². The second-order valence-corrected chi connectivity index (χ2v) is 8.99. The van der Waals surface area contributed by atoms with Crippen LogP contribution >= 0.6 is 34.8 Å². The van der Waals surface area contributed by atoms with Gasteiger partial charge in [0.2, 0.25) is 0 Å². The van der Waals surface area contributed by atoms with E-state index in [-0.39, 0.29) is 0 Å². The first kappa shape index (κ1) is 28.0. The molecule has 0 atom stereocenters. The molecule has 0 bridgehead atoms. The highest BCUT2D eigenvalue weighted by Crippen LogP contribution is 2.24. The molecule has 0 spiro atoms. The van der Waals surface area contributed by atoms with Crippen molar-refractivity contribution >= 4 is 40.8 Å². The van der Waals surface area contributed by atoms with E-state index >= 15 is 0 Å². The first-order valence-electron chi connectivity index (χ1n) is 10.3. The molecule has 0 aliphatic heterocycles. The Morgan fingerprint density at radius 2 is 1.35 bits per heavy atom. The maximum atomic E-state index is 11.2. The topological polar surface area (TPSA) is 66.6 Å². The molecule has 0 aromatic heterocycles. The molecule has 0 aliphatic carbocycles. The number of hydrogen-bond acceptors (Lipinski definition) is 3. The van der Waals surface area contributed by atoms with E-state index < -0.39 is 11.9 Å². The number of carboxylic acid groups (broad SMARTS) is 1. The van der Waals surface area contributed by atoms with Gasteiger partial charge in [-0.2, -0.15) is 8.78 Å². The van der Waals surface area contributed by atoms with Crippen LogP contribution in [0.5, 0.6) is 0 Å². The van der Waals surface area contributed by atoms with Gasteiger partial charge in [0.05, 0.1) is 10.0 Å². The Balaban J connectivity index is 0.000000509. The number of nitrogens with two attached hydrogens (primary N) is 1. The lowest BCUT2D eigenvalue weighted by Gasteiger charge is -2.23. The third-order valence-corrected chi connectivity index (χ3v) is 5.67. The van der Waals surface area contributed by atoms with E-state index in [0.29, 0.717) is 23.5 Å². The minimum Gasteiger partial charge on any atom is -0.477 e. The average Bonchev–Trinajstić information content (AvgIpc) is 2.76. The van der Waals surface area contributed by atoms with Gasteiger partial charge in [0, 0.05) is 38.1 Å². The highest BCUT2D eigenvalue weighted by molar-refractivity contribution is 6.42. The number of carboxylic acids is 1. The lowest BCUT2D eigenvalue weighted by Crippen LogP contribution is -2.22. The zero-order valence-corrected chi connectivity index (χ0v) is 20.7. The van der Waals surface area contributed by atoms with Crippen molar-refractivity contribution in [2.75, 3.05) is 0 Å². The van der Waals surface area contributed by atoms with Crippen LogP contribution in [0.4, 0.5) is 8.78 Å². The third-order valence-electron chi connectivity index (χ3n) is 4.69. The smallest absolute Gasteiger partial charge is 0.374 e. The molecule has 9 heteroatoms. The largest absolute Gasteiger partial charge is 0.477 e. The molecule has 0 fully saturated rings. The van der Waals surface area contributed by atoms with Crippen LogP contribution in [-0.4, -0.2) is 21.9 Å². The number of halogens is 5. The van der Waals surface area contributed by atoms with Crippen LogP contribution in [-0.2, 0) is 31.0 Å². The Morgan fingerprint density at radius 3 is 1.85 bits per heavy atom. The zero-order valence-electron chi connectivity index (χ0n) is 18.4. The predicted molar refractivity (Wildman–Crippen MR) is 133 cm³/mol. The van der Waals surface area contributed by atoms with Gasteiger partial charge in [0.25, 0.3) is 0 Å². The molecule has 3 rings (SSSR count). The lowest BCUT2D eigenvalue weighted by atomic mass is 10.1. The summed E-state index contributed by atoms with van der Waals surface area (Å²) in [5.74, 6) is -5.67. The van der Waals surface area contributed by atoms with E-state index in [1.807, 2.05) is 48.5 Å². The van der Waals surface area contributed by atoms with Crippen molar-refractivity contribution < 1.29 is 18.7 Å². The highest BCUT2D eigenvalue weighted by atomic mass is 35.5. The molecule has 3 aromatic rings. The van der Waals surface area contributed by atoms with E-state index in [9.17, 15) is 13.6 Å². The van der Waals surface area contributed by atoms with Crippen molar-refractivity contribution in [3.8, 4) is 0 Å². The lowest BCUT2D eigenvalue weighted by molar-refractivity contribution is -0.161. The molecule has 0 unspecified atom stereocenters. The normalized spacial score (nSPS) is 11.2. The fourth-order valence-electron chi connectivity index (χ4n) is 3.07. The van der Waals surface area contributed by atoms with E-state index in [2.05, 4.69) is 23.1 Å². The molecule has 3 aromatic carbocycles. The standard InChI is InChI=1S/C22H21Cl3N2.C3H4F2O2/c23-20-6-2-5-18(10-20)14-27(13-17-4-1-3-16(9-17)12-26)15-19-7-8-21(24)22(25)11-19;1-3(4,5)2(6)7/h1-11H,12-15,26H2;1H3,(H,6,7). The summed E-state index contributed by atoms with van der Waals surface area (Å²) in [6.07, 6.45) is 0. The summed E-state index contributed by atoms with van der Waals surface area (Å²) < 4.78 is 22.5. The van der Waals surface area contributed by atoms with Gasteiger partial charge in [-0.15, -0.1) is 0 Å². The van der Waals surface area contributed by atoms with Crippen LogP contribution in [0, 0.1) is 0 Å². The number of rotatable bonds is 8. The summed E-state index contributed by atoms with van der Waals surface area (Å²) in [5, 5.41) is 9.38. The number of hydrogen-bond donors (Lipinski definition) is 2. The molecule has 3 N–H and O–H groups in total. The summed E-state index contributed by atoms with van der Waals surface area (Å²) in [4.78, 5) is 11.6. The molecule has 0 amide bonds. The van der Waals surface area contributed by atoms with Crippen LogP contribution in [0.1, 0.15) is 29.2 Å². The van der Waals surface area contributed by atoms with E-state index in [4.69, 9.17) is 45.6 Å². The summed E-state index contributed by atoms with van der Waals surface area (Å²) in [7, 11) is 0. The molecule has 34 heavy (non-hydrogen) atoms. The van der Waals surface area contributed by atoms with Gasteiger partial charge < -0.3 is 10.8 Å². The number of benzene rings is 3. The number of nitrogens with zero attached hydrogens (tertiary/aromatic N) is 1. The van der Waals surface area contributed by atoms with E-state index in [0.717, 1.165) is 41.3 Å². The molecule has 182 valence electrons. The third kappa shape index (κ3) is 9.57. The average molecular weight is 530 g/mol. The van der Waals surface area contributed by atoms with Crippen LogP contribution < -0.4 is 5.73 Å². The maximum Gasteiger partial charge on any atom is 0.374 e. The highest BCUT2D eigenvalue weighted by Gasteiger charge is 2.31. The van der Waals surface area contributed by atoms with Gasteiger partial charge in [-0.25, -0.2) is 4.79 Å². The van der Waals surface area contributed by atoms with Crippen molar-refractivity contribution in [3.05, 3.63) is 104 Å². The Hall–Kier alpha value is -2.22. The Kier molecular flexibility index (Phi) is 10.7. The van der Waals surface area contributed by atoms with Crippen molar-refractivity contribution in [1.29, 1.82) is 0 Å². The Morgan fingerprint density at radius 1 is 0.853 bits per heavy atom. The summed E-state index contributed by atoms with van der Waals surface area (Å²) >= 11 is 18.4. The molecular formula is C25H25Cl3F2N2O2.